The summed E-state index contributed by atoms with van der Waals surface area (Å²) in [4.78, 5) is 0. The highest BCUT2D eigenvalue weighted by molar-refractivity contribution is 5.42. The van der Waals surface area contributed by atoms with Crippen LogP contribution in [0.15, 0.2) is 42.5 Å². The van der Waals surface area contributed by atoms with Crippen LogP contribution >= 0.6 is 0 Å². The molecular formula is C15H15FO3. The molecule has 1 atom stereocenters. The second-order valence-electron chi connectivity index (χ2n) is 4.12. The number of para-hydroxylation sites is 1. The zero-order valence-corrected chi connectivity index (χ0v) is 10.8. The Morgan fingerprint density at radius 1 is 1.11 bits per heavy atom. The predicted octanol–water partition coefficient (Wildman–Crippen LogP) is 3.68. The summed E-state index contributed by atoms with van der Waals surface area (Å²) in [5, 5.41) is 9.64. The van der Waals surface area contributed by atoms with Gasteiger partial charge in [0.05, 0.1) is 13.2 Å². The zero-order chi connectivity index (χ0) is 13.8. The molecule has 0 saturated heterocycles. The molecule has 0 aliphatic rings. The number of rotatable bonds is 4. The fraction of sp³-hybridized carbons (Fsp3) is 0.200. The van der Waals surface area contributed by atoms with Crippen molar-refractivity contribution in [3.8, 4) is 17.2 Å². The lowest BCUT2D eigenvalue weighted by Gasteiger charge is -2.14. The first kappa shape index (κ1) is 13.4. The molecule has 2 aromatic rings. The minimum Gasteiger partial charge on any atom is -0.497 e. The fourth-order valence-electron chi connectivity index (χ4n) is 1.74. The first-order valence-corrected chi connectivity index (χ1v) is 5.90. The van der Waals surface area contributed by atoms with Gasteiger partial charge in [0.1, 0.15) is 11.5 Å². The Bertz CT molecular complexity index is 567. The van der Waals surface area contributed by atoms with Gasteiger partial charge >= 0.3 is 0 Å². The average molecular weight is 262 g/mol. The summed E-state index contributed by atoms with van der Waals surface area (Å²) in [5.41, 5.74) is 0.405. The van der Waals surface area contributed by atoms with E-state index in [-0.39, 0.29) is 5.75 Å². The van der Waals surface area contributed by atoms with Gasteiger partial charge in [0.2, 0.25) is 0 Å². The van der Waals surface area contributed by atoms with Crippen molar-refractivity contribution in [3.05, 3.63) is 53.8 Å². The Balaban J connectivity index is 2.37. The van der Waals surface area contributed by atoms with E-state index in [1.807, 2.05) is 0 Å². The van der Waals surface area contributed by atoms with Gasteiger partial charge in [-0.15, -0.1) is 0 Å². The van der Waals surface area contributed by atoms with Gasteiger partial charge in [-0.2, -0.15) is 0 Å². The molecule has 0 spiro atoms. The van der Waals surface area contributed by atoms with Gasteiger partial charge in [0, 0.05) is 11.6 Å². The van der Waals surface area contributed by atoms with Crippen molar-refractivity contribution < 1.29 is 19.0 Å². The van der Waals surface area contributed by atoms with E-state index in [0.29, 0.717) is 17.1 Å². The minimum atomic E-state index is -0.809. The van der Waals surface area contributed by atoms with Crippen LogP contribution in [0.25, 0.3) is 0 Å². The van der Waals surface area contributed by atoms with Crippen molar-refractivity contribution in [3.63, 3.8) is 0 Å². The molecule has 2 rings (SSSR count). The molecule has 4 heteroatoms. The number of methoxy groups -OCH3 is 1. The van der Waals surface area contributed by atoms with Crippen LogP contribution in [-0.2, 0) is 0 Å². The van der Waals surface area contributed by atoms with Crippen LogP contribution in [0.5, 0.6) is 17.2 Å². The third-order valence-corrected chi connectivity index (χ3v) is 2.71. The van der Waals surface area contributed by atoms with Crippen LogP contribution in [0, 0.1) is 5.82 Å². The van der Waals surface area contributed by atoms with Gasteiger partial charge in [-0.25, -0.2) is 4.39 Å². The summed E-state index contributed by atoms with van der Waals surface area (Å²) < 4.78 is 24.4. The summed E-state index contributed by atoms with van der Waals surface area (Å²) >= 11 is 0. The fourth-order valence-corrected chi connectivity index (χ4v) is 1.74. The normalized spacial score (nSPS) is 12.0. The van der Waals surface area contributed by atoms with Gasteiger partial charge in [0.15, 0.2) is 11.6 Å². The molecule has 0 bridgehead atoms. The molecule has 0 heterocycles. The maximum atomic E-state index is 13.8. The maximum absolute atomic E-state index is 13.8. The standard InChI is InChI=1S/C15H15FO3/c1-10(17)13-7-4-8-14(16)15(13)19-12-6-3-5-11(9-12)18-2/h3-10,17H,1-2H3. The Morgan fingerprint density at radius 2 is 1.79 bits per heavy atom. The third kappa shape index (κ3) is 3.03. The first-order chi connectivity index (χ1) is 9.11. The van der Waals surface area contributed by atoms with E-state index in [1.54, 1.807) is 44.4 Å². The summed E-state index contributed by atoms with van der Waals surface area (Å²) in [6.07, 6.45) is -0.809. The molecule has 1 N–H and O–H groups in total. The number of halogens is 1. The number of hydrogen-bond donors (Lipinski definition) is 1. The molecule has 2 aromatic carbocycles. The van der Waals surface area contributed by atoms with Gasteiger partial charge in [-0.1, -0.05) is 18.2 Å². The van der Waals surface area contributed by atoms with Crippen molar-refractivity contribution in [2.24, 2.45) is 0 Å². The second kappa shape index (κ2) is 5.71. The molecule has 0 aliphatic carbocycles. The smallest absolute Gasteiger partial charge is 0.168 e. The zero-order valence-electron chi connectivity index (χ0n) is 10.8. The third-order valence-electron chi connectivity index (χ3n) is 2.71. The summed E-state index contributed by atoms with van der Waals surface area (Å²) in [5.74, 6) is 0.589. The number of aliphatic hydroxyl groups excluding tert-OH is 1. The Labute approximate surface area is 111 Å². The van der Waals surface area contributed by atoms with Gasteiger partial charge < -0.3 is 14.6 Å². The minimum absolute atomic E-state index is 0.0331. The lowest BCUT2D eigenvalue weighted by Crippen LogP contribution is -1.98. The number of benzene rings is 2. The number of ether oxygens (including phenoxy) is 2. The van der Waals surface area contributed by atoms with Crippen molar-refractivity contribution in [2.75, 3.05) is 7.11 Å². The van der Waals surface area contributed by atoms with E-state index in [2.05, 4.69) is 0 Å². The monoisotopic (exact) mass is 262 g/mol. The van der Waals surface area contributed by atoms with Crippen LogP contribution in [0.2, 0.25) is 0 Å². The van der Waals surface area contributed by atoms with E-state index < -0.39 is 11.9 Å². The molecule has 0 radical (unpaired) electrons. The largest absolute Gasteiger partial charge is 0.497 e. The summed E-state index contributed by atoms with van der Waals surface area (Å²) in [6, 6.07) is 11.3. The molecular weight excluding hydrogens is 247 g/mol. The van der Waals surface area contributed by atoms with Crippen LogP contribution in [0.4, 0.5) is 4.39 Å². The van der Waals surface area contributed by atoms with Gasteiger partial charge in [0.25, 0.3) is 0 Å². The van der Waals surface area contributed by atoms with Gasteiger partial charge in [-0.05, 0) is 25.1 Å². The van der Waals surface area contributed by atoms with Crippen LogP contribution < -0.4 is 9.47 Å². The van der Waals surface area contributed by atoms with E-state index >= 15 is 0 Å². The molecule has 0 saturated carbocycles. The topological polar surface area (TPSA) is 38.7 Å². The lowest BCUT2D eigenvalue weighted by molar-refractivity contribution is 0.194. The molecule has 0 aromatic heterocycles. The van der Waals surface area contributed by atoms with E-state index in [9.17, 15) is 9.50 Å². The maximum Gasteiger partial charge on any atom is 0.168 e. The highest BCUT2D eigenvalue weighted by Gasteiger charge is 2.14. The highest BCUT2D eigenvalue weighted by Crippen LogP contribution is 2.33. The Hall–Kier alpha value is -2.07. The Morgan fingerprint density at radius 3 is 2.47 bits per heavy atom. The SMILES string of the molecule is COc1cccc(Oc2c(F)cccc2C(C)O)c1. The average Bonchev–Trinajstić information content (AvgIpc) is 2.41. The van der Waals surface area contributed by atoms with Crippen molar-refractivity contribution >= 4 is 0 Å². The predicted molar refractivity (Wildman–Crippen MR) is 70.1 cm³/mol. The molecule has 100 valence electrons. The van der Waals surface area contributed by atoms with Crippen molar-refractivity contribution in [1.82, 2.24) is 0 Å². The lowest BCUT2D eigenvalue weighted by atomic mass is 10.1. The molecule has 0 aliphatic heterocycles. The first-order valence-electron chi connectivity index (χ1n) is 5.90. The second-order valence-corrected chi connectivity index (χ2v) is 4.12. The quantitative estimate of drug-likeness (QED) is 0.913. The molecule has 19 heavy (non-hydrogen) atoms. The Kier molecular flexibility index (Phi) is 4.02. The van der Waals surface area contributed by atoms with Crippen LogP contribution in [0.1, 0.15) is 18.6 Å². The van der Waals surface area contributed by atoms with Crippen LogP contribution in [-0.4, -0.2) is 12.2 Å². The number of aliphatic hydroxyl groups is 1. The van der Waals surface area contributed by atoms with Crippen molar-refractivity contribution in [2.45, 2.75) is 13.0 Å². The van der Waals surface area contributed by atoms with Crippen LogP contribution in [0.3, 0.4) is 0 Å². The van der Waals surface area contributed by atoms with E-state index in [1.165, 1.54) is 12.1 Å². The molecule has 0 fully saturated rings. The molecule has 3 nitrogen and oxygen atoms in total. The number of hydrogen-bond acceptors (Lipinski definition) is 3. The molecule has 1 unspecified atom stereocenters. The van der Waals surface area contributed by atoms with E-state index in [0.717, 1.165) is 0 Å². The van der Waals surface area contributed by atoms with Gasteiger partial charge in [-0.3, -0.25) is 0 Å². The highest BCUT2D eigenvalue weighted by atomic mass is 19.1. The summed E-state index contributed by atoms with van der Waals surface area (Å²) in [7, 11) is 1.55. The molecule has 0 amide bonds. The summed E-state index contributed by atoms with van der Waals surface area (Å²) in [6.45, 7) is 1.56. The van der Waals surface area contributed by atoms with Crippen molar-refractivity contribution in [1.29, 1.82) is 0 Å². The van der Waals surface area contributed by atoms with E-state index in [4.69, 9.17) is 9.47 Å².